The van der Waals surface area contributed by atoms with Crippen LogP contribution in [0, 0.1) is 5.92 Å². The third-order valence-corrected chi connectivity index (χ3v) is 3.87. The summed E-state index contributed by atoms with van der Waals surface area (Å²) in [6.07, 6.45) is 8.07. The Morgan fingerprint density at radius 1 is 0.944 bits per heavy atom. The van der Waals surface area contributed by atoms with Gasteiger partial charge < -0.3 is 5.11 Å². The summed E-state index contributed by atoms with van der Waals surface area (Å²) in [7, 11) is 0. The van der Waals surface area contributed by atoms with Crippen LogP contribution in [0.15, 0.2) is 30.3 Å². The molecule has 0 saturated heterocycles. The van der Waals surface area contributed by atoms with Crippen molar-refractivity contribution in [3.63, 3.8) is 0 Å². The van der Waals surface area contributed by atoms with Crippen LogP contribution in [0.2, 0.25) is 0 Å². The highest BCUT2D eigenvalue weighted by molar-refractivity contribution is 5.14. The largest absolute Gasteiger partial charge is 0.393 e. The zero-order valence-corrected chi connectivity index (χ0v) is 11.9. The van der Waals surface area contributed by atoms with Crippen molar-refractivity contribution in [2.24, 2.45) is 5.92 Å². The Morgan fingerprint density at radius 3 is 2.28 bits per heavy atom. The van der Waals surface area contributed by atoms with Crippen molar-refractivity contribution in [1.82, 2.24) is 0 Å². The van der Waals surface area contributed by atoms with Crippen LogP contribution in [0.4, 0.5) is 0 Å². The molecule has 0 aliphatic carbocycles. The van der Waals surface area contributed by atoms with Crippen LogP contribution in [0.3, 0.4) is 0 Å². The molecule has 102 valence electrons. The van der Waals surface area contributed by atoms with Gasteiger partial charge >= 0.3 is 0 Å². The summed E-state index contributed by atoms with van der Waals surface area (Å²) in [6, 6.07) is 10.7. The first-order valence-corrected chi connectivity index (χ1v) is 7.49. The van der Waals surface area contributed by atoms with Crippen LogP contribution in [-0.4, -0.2) is 11.2 Å². The number of aliphatic hydroxyl groups is 1. The first-order valence-electron chi connectivity index (χ1n) is 7.49. The van der Waals surface area contributed by atoms with Crippen molar-refractivity contribution >= 4 is 0 Å². The molecule has 0 bridgehead atoms. The highest BCUT2D eigenvalue weighted by Gasteiger charge is 2.14. The van der Waals surface area contributed by atoms with Gasteiger partial charge in [-0.05, 0) is 37.2 Å². The lowest BCUT2D eigenvalue weighted by Crippen LogP contribution is -2.18. The quantitative estimate of drug-likeness (QED) is 0.634. The maximum Gasteiger partial charge on any atom is 0.0565 e. The van der Waals surface area contributed by atoms with E-state index in [1.165, 1.54) is 37.7 Å². The van der Waals surface area contributed by atoms with Crippen molar-refractivity contribution in [2.75, 3.05) is 0 Å². The highest BCUT2D eigenvalue weighted by atomic mass is 16.3. The third kappa shape index (κ3) is 5.68. The number of aliphatic hydroxyl groups excluding tert-OH is 1. The van der Waals surface area contributed by atoms with E-state index >= 15 is 0 Å². The molecule has 0 spiro atoms. The van der Waals surface area contributed by atoms with Gasteiger partial charge in [0.2, 0.25) is 0 Å². The summed E-state index contributed by atoms with van der Waals surface area (Å²) < 4.78 is 0. The molecule has 1 heteroatoms. The zero-order chi connectivity index (χ0) is 13.2. The zero-order valence-electron chi connectivity index (χ0n) is 11.9. The number of hydrogen-bond acceptors (Lipinski definition) is 1. The summed E-state index contributed by atoms with van der Waals surface area (Å²) >= 11 is 0. The molecule has 18 heavy (non-hydrogen) atoms. The minimum Gasteiger partial charge on any atom is -0.393 e. The van der Waals surface area contributed by atoms with Gasteiger partial charge in [0.05, 0.1) is 6.10 Å². The lowest BCUT2D eigenvalue weighted by molar-refractivity contribution is 0.0946. The minimum absolute atomic E-state index is 0.0934. The van der Waals surface area contributed by atoms with Gasteiger partial charge in [0.15, 0.2) is 0 Å². The summed E-state index contributed by atoms with van der Waals surface area (Å²) in [6.45, 7) is 4.26. The normalized spacial score (nSPS) is 14.4. The molecule has 1 aromatic rings. The van der Waals surface area contributed by atoms with Crippen LogP contribution >= 0.6 is 0 Å². The number of hydrogen-bond donors (Lipinski definition) is 1. The van der Waals surface area contributed by atoms with E-state index < -0.39 is 0 Å². The van der Waals surface area contributed by atoms with Gasteiger partial charge in [-0.2, -0.15) is 0 Å². The molecule has 0 radical (unpaired) electrons. The molecule has 0 heterocycles. The van der Waals surface area contributed by atoms with Gasteiger partial charge in [-0.25, -0.2) is 0 Å². The molecular weight excluding hydrogens is 220 g/mol. The molecule has 0 saturated carbocycles. The second-order valence-electron chi connectivity index (χ2n) is 5.23. The second kappa shape index (κ2) is 9.16. The predicted molar refractivity (Wildman–Crippen MR) is 78.7 cm³/mol. The van der Waals surface area contributed by atoms with Crippen molar-refractivity contribution < 1.29 is 5.11 Å². The van der Waals surface area contributed by atoms with E-state index in [4.69, 9.17) is 0 Å². The van der Waals surface area contributed by atoms with E-state index in [0.717, 1.165) is 12.8 Å². The number of unbranched alkanes of at least 4 members (excludes halogenated alkanes) is 2. The van der Waals surface area contributed by atoms with Crippen LogP contribution in [0.25, 0.3) is 0 Å². The fourth-order valence-corrected chi connectivity index (χ4v) is 2.56. The Bertz CT molecular complexity index is 294. The monoisotopic (exact) mass is 248 g/mol. The van der Waals surface area contributed by atoms with E-state index in [1.807, 2.05) is 0 Å². The minimum atomic E-state index is -0.0934. The van der Waals surface area contributed by atoms with Crippen molar-refractivity contribution in [3.05, 3.63) is 35.9 Å². The molecule has 1 N–H and O–H groups in total. The molecule has 2 atom stereocenters. The molecule has 0 aliphatic rings. The summed E-state index contributed by atoms with van der Waals surface area (Å²) in [4.78, 5) is 0. The standard InChI is InChI=1S/C17H28O/c1-3-16(17(18)4-2)14-10-6-9-13-15-11-7-5-8-12-15/h5,7-8,11-12,16-18H,3-4,6,9-10,13-14H2,1-2H3. The number of benzene rings is 1. The summed E-state index contributed by atoms with van der Waals surface area (Å²) in [5, 5.41) is 9.85. The molecule has 1 aromatic carbocycles. The fraction of sp³-hybridized carbons (Fsp3) is 0.647. The van der Waals surface area contributed by atoms with Gasteiger partial charge in [0, 0.05) is 0 Å². The van der Waals surface area contributed by atoms with Crippen LogP contribution in [-0.2, 0) is 6.42 Å². The third-order valence-electron chi connectivity index (χ3n) is 3.87. The van der Waals surface area contributed by atoms with Gasteiger partial charge in [-0.1, -0.05) is 63.4 Å². The second-order valence-corrected chi connectivity index (χ2v) is 5.23. The Labute approximate surface area is 112 Å². The molecule has 0 aromatic heterocycles. The topological polar surface area (TPSA) is 20.2 Å². The summed E-state index contributed by atoms with van der Waals surface area (Å²) in [5.41, 5.74) is 1.44. The average Bonchev–Trinajstić information content (AvgIpc) is 2.43. The Hall–Kier alpha value is -0.820. The molecular formula is C17H28O. The first-order chi connectivity index (χ1) is 8.77. The number of rotatable bonds is 9. The van der Waals surface area contributed by atoms with E-state index in [-0.39, 0.29) is 6.10 Å². The highest BCUT2D eigenvalue weighted by Crippen LogP contribution is 2.20. The first kappa shape index (κ1) is 15.2. The summed E-state index contributed by atoms with van der Waals surface area (Å²) in [5.74, 6) is 0.506. The van der Waals surface area contributed by atoms with E-state index in [9.17, 15) is 5.11 Å². The van der Waals surface area contributed by atoms with Crippen molar-refractivity contribution in [3.8, 4) is 0 Å². The lowest BCUT2D eigenvalue weighted by atomic mass is 9.91. The van der Waals surface area contributed by atoms with Gasteiger partial charge in [0.1, 0.15) is 0 Å². The van der Waals surface area contributed by atoms with Gasteiger partial charge in [0.25, 0.3) is 0 Å². The average molecular weight is 248 g/mol. The van der Waals surface area contributed by atoms with Gasteiger partial charge in [-0.15, -0.1) is 0 Å². The van der Waals surface area contributed by atoms with E-state index in [1.54, 1.807) is 0 Å². The van der Waals surface area contributed by atoms with Crippen molar-refractivity contribution in [2.45, 2.75) is 64.9 Å². The maximum absolute atomic E-state index is 9.85. The van der Waals surface area contributed by atoms with Crippen LogP contribution in [0.1, 0.15) is 57.9 Å². The van der Waals surface area contributed by atoms with E-state index in [2.05, 4.69) is 44.2 Å². The molecule has 2 unspecified atom stereocenters. The Morgan fingerprint density at radius 2 is 1.67 bits per heavy atom. The molecule has 1 rings (SSSR count). The Balaban J connectivity index is 2.11. The fourth-order valence-electron chi connectivity index (χ4n) is 2.56. The molecule has 1 nitrogen and oxygen atoms in total. The van der Waals surface area contributed by atoms with Crippen LogP contribution < -0.4 is 0 Å². The smallest absolute Gasteiger partial charge is 0.0565 e. The van der Waals surface area contributed by atoms with E-state index in [0.29, 0.717) is 5.92 Å². The molecule has 0 amide bonds. The SMILES string of the molecule is CCC(O)C(CC)CCCCCc1ccccc1. The van der Waals surface area contributed by atoms with Crippen LogP contribution in [0.5, 0.6) is 0 Å². The molecule has 0 fully saturated rings. The Kier molecular flexibility index (Phi) is 7.75. The van der Waals surface area contributed by atoms with Gasteiger partial charge in [-0.3, -0.25) is 0 Å². The lowest BCUT2D eigenvalue weighted by Gasteiger charge is -2.20. The number of aryl methyl sites for hydroxylation is 1. The van der Waals surface area contributed by atoms with Crippen molar-refractivity contribution in [1.29, 1.82) is 0 Å². The predicted octanol–water partition coefficient (Wildman–Crippen LogP) is 4.59. The maximum atomic E-state index is 9.85. The molecule has 0 aliphatic heterocycles.